The van der Waals surface area contributed by atoms with Crippen LogP contribution >= 0.6 is 31.9 Å². The molecule has 5 heteroatoms. The minimum Gasteiger partial charge on any atom is -0.258 e. The molecule has 0 unspecified atom stereocenters. The smallest absolute Gasteiger partial charge is 0.258 e. The van der Waals surface area contributed by atoms with E-state index in [1.807, 2.05) is 54.6 Å². The Morgan fingerprint density at radius 3 is 1.43 bits per heavy atom. The maximum absolute atomic E-state index is 11.3. The van der Waals surface area contributed by atoms with Crippen molar-refractivity contribution in [2.75, 3.05) is 0 Å². The molecule has 0 saturated heterocycles. The number of hydrogen-bond donors (Lipinski definition) is 0. The number of rotatable bonds is 5. The second-order valence-electron chi connectivity index (χ2n) is 8.13. The minimum atomic E-state index is -0.368. The molecule has 0 bridgehead atoms. The molecule has 0 aromatic heterocycles. The van der Waals surface area contributed by atoms with Gasteiger partial charge in [-0.1, -0.05) is 86.5 Å². The van der Waals surface area contributed by atoms with Crippen molar-refractivity contribution in [2.24, 2.45) is 0 Å². The molecule has 5 aromatic carbocycles. The van der Waals surface area contributed by atoms with E-state index in [1.165, 1.54) is 0 Å². The monoisotopic (exact) mass is 583 g/mol. The highest BCUT2D eigenvalue weighted by Gasteiger charge is 2.18. The summed E-state index contributed by atoms with van der Waals surface area (Å²) in [6.45, 7) is 0. The van der Waals surface area contributed by atoms with Gasteiger partial charge in [-0.05, 0) is 93.0 Å². The third-order valence-electron chi connectivity index (χ3n) is 5.92. The molecule has 0 aliphatic rings. The number of nitro groups is 1. The van der Waals surface area contributed by atoms with Crippen LogP contribution in [0.5, 0.6) is 0 Å². The van der Waals surface area contributed by atoms with Crippen LogP contribution in [0.25, 0.3) is 44.5 Å². The van der Waals surface area contributed by atoms with Crippen molar-refractivity contribution in [3.8, 4) is 44.5 Å². The van der Waals surface area contributed by atoms with Gasteiger partial charge in [-0.3, -0.25) is 10.1 Å². The number of hydrogen-bond acceptors (Lipinski definition) is 2. The number of benzene rings is 5. The van der Waals surface area contributed by atoms with Crippen molar-refractivity contribution < 1.29 is 4.92 Å². The van der Waals surface area contributed by atoms with Gasteiger partial charge < -0.3 is 0 Å². The van der Waals surface area contributed by atoms with Crippen LogP contribution in [0.3, 0.4) is 0 Å². The fourth-order valence-corrected chi connectivity index (χ4v) is 4.74. The topological polar surface area (TPSA) is 43.1 Å². The van der Waals surface area contributed by atoms with Crippen LogP contribution in [-0.2, 0) is 0 Å². The second-order valence-corrected chi connectivity index (χ2v) is 9.96. The van der Waals surface area contributed by atoms with Crippen LogP contribution < -0.4 is 0 Å². The average molecular weight is 585 g/mol. The molecular weight excluding hydrogens is 566 g/mol. The molecule has 0 aliphatic carbocycles. The Hall–Kier alpha value is -3.54. The SMILES string of the molecule is O=[N+]([O-])c1ccc(-c2c(-c3ccc(Br)cc3)cc(-c3ccccc3)cc2-c2ccc(Br)cc2)cc1. The van der Waals surface area contributed by atoms with Gasteiger partial charge in [0.15, 0.2) is 0 Å². The third kappa shape index (κ3) is 4.97. The zero-order valence-corrected chi connectivity index (χ0v) is 21.7. The molecule has 0 spiro atoms. The van der Waals surface area contributed by atoms with Gasteiger partial charge in [-0.2, -0.15) is 0 Å². The van der Waals surface area contributed by atoms with E-state index in [9.17, 15) is 10.1 Å². The molecule has 5 aromatic rings. The van der Waals surface area contributed by atoms with Crippen LogP contribution in [0.1, 0.15) is 0 Å². The zero-order valence-electron chi connectivity index (χ0n) is 18.5. The van der Waals surface area contributed by atoms with E-state index in [0.29, 0.717) is 0 Å². The first-order valence-corrected chi connectivity index (χ1v) is 12.6. The van der Waals surface area contributed by atoms with Crippen molar-refractivity contribution in [3.05, 3.63) is 134 Å². The zero-order chi connectivity index (χ0) is 24.4. The Morgan fingerprint density at radius 2 is 0.971 bits per heavy atom. The van der Waals surface area contributed by atoms with E-state index in [0.717, 1.165) is 53.5 Å². The second kappa shape index (κ2) is 9.98. The number of nitrogens with zero attached hydrogens (tertiary/aromatic N) is 1. The summed E-state index contributed by atoms with van der Waals surface area (Å²) in [6, 6.07) is 38.0. The van der Waals surface area contributed by atoms with E-state index >= 15 is 0 Å². The summed E-state index contributed by atoms with van der Waals surface area (Å²) in [5.41, 5.74) is 8.51. The summed E-state index contributed by atoms with van der Waals surface area (Å²) in [7, 11) is 0. The highest BCUT2D eigenvalue weighted by Crippen LogP contribution is 2.44. The molecule has 0 N–H and O–H groups in total. The van der Waals surface area contributed by atoms with Crippen LogP contribution in [-0.4, -0.2) is 4.92 Å². The Bertz CT molecular complexity index is 1430. The predicted octanol–water partition coefficient (Wildman–Crippen LogP) is 9.79. The van der Waals surface area contributed by atoms with Gasteiger partial charge in [0.2, 0.25) is 0 Å². The molecular formula is C30H19Br2NO2. The fourth-order valence-electron chi connectivity index (χ4n) is 4.21. The Balaban J connectivity index is 1.85. The summed E-state index contributed by atoms with van der Waals surface area (Å²) in [5.74, 6) is 0. The summed E-state index contributed by atoms with van der Waals surface area (Å²) in [5, 5.41) is 11.3. The average Bonchev–Trinajstić information content (AvgIpc) is 2.89. The lowest BCUT2D eigenvalue weighted by Gasteiger charge is -2.19. The Labute approximate surface area is 220 Å². The third-order valence-corrected chi connectivity index (χ3v) is 6.98. The molecule has 0 atom stereocenters. The highest BCUT2D eigenvalue weighted by molar-refractivity contribution is 9.10. The number of halogens is 2. The van der Waals surface area contributed by atoms with Crippen LogP contribution in [0.2, 0.25) is 0 Å². The summed E-state index contributed by atoms with van der Waals surface area (Å²) in [4.78, 5) is 10.9. The summed E-state index contributed by atoms with van der Waals surface area (Å²) >= 11 is 7.09. The van der Waals surface area contributed by atoms with Gasteiger partial charge in [0.1, 0.15) is 0 Å². The standard InChI is InChI=1S/C30H19Br2NO2/c31-25-12-6-21(7-13-25)28-18-24(20-4-2-1-3-5-20)19-29(22-8-14-26(32)15-9-22)30(28)23-10-16-27(17-11-23)33(34)35/h1-19H. The van der Waals surface area contributed by atoms with E-state index in [1.54, 1.807) is 12.1 Å². The lowest BCUT2D eigenvalue weighted by molar-refractivity contribution is -0.384. The molecule has 5 rings (SSSR count). The Morgan fingerprint density at radius 1 is 0.514 bits per heavy atom. The van der Waals surface area contributed by atoms with Crippen LogP contribution in [0, 0.1) is 10.1 Å². The first kappa shape index (κ1) is 23.2. The van der Waals surface area contributed by atoms with Crippen molar-refractivity contribution in [1.82, 2.24) is 0 Å². The van der Waals surface area contributed by atoms with Gasteiger partial charge in [-0.15, -0.1) is 0 Å². The van der Waals surface area contributed by atoms with Crippen molar-refractivity contribution in [1.29, 1.82) is 0 Å². The molecule has 3 nitrogen and oxygen atoms in total. The predicted molar refractivity (Wildman–Crippen MR) is 150 cm³/mol. The molecule has 0 heterocycles. The van der Waals surface area contributed by atoms with Crippen LogP contribution in [0.15, 0.2) is 124 Å². The number of non-ortho nitro benzene ring substituents is 1. The molecule has 0 saturated carbocycles. The lowest BCUT2D eigenvalue weighted by Crippen LogP contribution is -1.94. The number of nitro benzene ring substituents is 1. The van der Waals surface area contributed by atoms with E-state index in [2.05, 4.69) is 80.4 Å². The van der Waals surface area contributed by atoms with Gasteiger partial charge in [0, 0.05) is 21.1 Å². The highest BCUT2D eigenvalue weighted by atomic mass is 79.9. The molecule has 35 heavy (non-hydrogen) atoms. The van der Waals surface area contributed by atoms with Gasteiger partial charge in [0.05, 0.1) is 4.92 Å². The van der Waals surface area contributed by atoms with E-state index in [4.69, 9.17) is 0 Å². The lowest BCUT2D eigenvalue weighted by atomic mass is 9.84. The quantitative estimate of drug-likeness (QED) is 0.152. The van der Waals surface area contributed by atoms with Crippen molar-refractivity contribution >= 4 is 37.5 Å². The minimum absolute atomic E-state index is 0.0741. The van der Waals surface area contributed by atoms with Crippen molar-refractivity contribution in [3.63, 3.8) is 0 Å². The largest absolute Gasteiger partial charge is 0.269 e. The van der Waals surface area contributed by atoms with Gasteiger partial charge in [-0.25, -0.2) is 0 Å². The molecule has 0 fully saturated rings. The first-order chi connectivity index (χ1) is 17.0. The summed E-state index contributed by atoms with van der Waals surface area (Å²) in [6.07, 6.45) is 0. The normalized spacial score (nSPS) is 10.8. The first-order valence-electron chi connectivity index (χ1n) is 11.0. The van der Waals surface area contributed by atoms with Crippen LogP contribution in [0.4, 0.5) is 5.69 Å². The fraction of sp³-hybridized carbons (Fsp3) is 0. The molecule has 170 valence electrons. The maximum Gasteiger partial charge on any atom is 0.269 e. The molecule has 0 amide bonds. The molecule has 0 radical (unpaired) electrons. The molecule has 0 aliphatic heterocycles. The Kier molecular flexibility index (Phi) is 6.62. The van der Waals surface area contributed by atoms with Gasteiger partial charge in [0.25, 0.3) is 5.69 Å². The van der Waals surface area contributed by atoms with E-state index < -0.39 is 0 Å². The van der Waals surface area contributed by atoms with Crippen molar-refractivity contribution in [2.45, 2.75) is 0 Å². The maximum atomic E-state index is 11.3. The van der Waals surface area contributed by atoms with Gasteiger partial charge >= 0.3 is 0 Å². The van der Waals surface area contributed by atoms with E-state index in [-0.39, 0.29) is 10.6 Å². The summed E-state index contributed by atoms with van der Waals surface area (Å²) < 4.78 is 2.01.